The highest BCUT2D eigenvalue weighted by molar-refractivity contribution is 6.30. The fourth-order valence-electron chi connectivity index (χ4n) is 4.24. The Kier molecular flexibility index (Phi) is 7.85. The number of benzene rings is 4. The van der Waals surface area contributed by atoms with Crippen LogP contribution in [0.3, 0.4) is 0 Å². The van der Waals surface area contributed by atoms with Gasteiger partial charge in [0.05, 0.1) is 5.92 Å². The third-order valence-corrected chi connectivity index (χ3v) is 6.38. The highest BCUT2D eigenvalue weighted by Gasteiger charge is 2.31. The maximum absolute atomic E-state index is 13.9. The van der Waals surface area contributed by atoms with E-state index in [-0.39, 0.29) is 36.2 Å². The summed E-state index contributed by atoms with van der Waals surface area (Å²) in [5, 5.41) is 10.3. The fourth-order valence-corrected chi connectivity index (χ4v) is 4.42. The van der Waals surface area contributed by atoms with Gasteiger partial charge in [0.2, 0.25) is 5.88 Å². The molecular weight excluding hydrogens is 535 g/mol. The molecule has 0 amide bonds. The van der Waals surface area contributed by atoms with Crippen molar-refractivity contribution in [2.24, 2.45) is 5.73 Å². The van der Waals surface area contributed by atoms with Gasteiger partial charge in [0.1, 0.15) is 47.1 Å². The van der Waals surface area contributed by atoms with Crippen LogP contribution < -0.4 is 24.7 Å². The Bertz CT molecular complexity index is 1630. The van der Waals surface area contributed by atoms with Crippen LogP contribution >= 0.6 is 11.6 Å². The summed E-state index contributed by atoms with van der Waals surface area (Å²) in [5.74, 6) is 0.0155. The van der Waals surface area contributed by atoms with Crippen molar-refractivity contribution >= 4 is 17.6 Å². The Balaban J connectivity index is 1.31. The first-order valence-corrected chi connectivity index (χ1v) is 12.6. The highest BCUT2D eigenvalue weighted by Crippen LogP contribution is 2.43. The number of nitrogens with two attached hydrogens (primary N) is 1. The van der Waals surface area contributed by atoms with Crippen LogP contribution in [-0.4, -0.2) is 12.6 Å². The third kappa shape index (κ3) is 6.01. The molecular formula is C31H22ClFN2O5. The van der Waals surface area contributed by atoms with Gasteiger partial charge >= 0.3 is 5.97 Å². The molecule has 4 aromatic carbocycles. The Morgan fingerprint density at radius 1 is 0.950 bits per heavy atom. The van der Waals surface area contributed by atoms with Gasteiger partial charge in [-0.2, -0.15) is 5.26 Å². The van der Waals surface area contributed by atoms with Gasteiger partial charge in [-0.05, 0) is 48.0 Å². The molecule has 0 bridgehead atoms. The molecule has 0 aliphatic carbocycles. The number of rotatable bonds is 8. The zero-order valence-corrected chi connectivity index (χ0v) is 21.7. The minimum absolute atomic E-state index is 0.0485. The maximum Gasteiger partial charge on any atom is 0.349 e. The standard InChI is InChI=1S/C31H22ClFN2O5/c32-21-5-3-6-23(14-21)38-18-29(36)39-24-12-13-25-28(15-24)40-31(35)26(16-34)30(25)19-8-10-22(11-9-19)37-17-20-4-1-2-7-27(20)33/h1-15,30H,17-18,35H2. The molecule has 5 rings (SSSR count). The minimum atomic E-state index is -0.625. The highest BCUT2D eigenvalue weighted by atomic mass is 35.5. The van der Waals surface area contributed by atoms with Crippen LogP contribution in [0.5, 0.6) is 23.0 Å². The molecule has 1 aliphatic heterocycles. The van der Waals surface area contributed by atoms with Crippen LogP contribution in [0.4, 0.5) is 4.39 Å². The average Bonchev–Trinajstić information content (AvgIpc) is 2.95. The van der Waals surface area contributed by atoms with Crippen LogP contribution in [0, 0.1) is 17.1 Å². The predicted molar refractivity (Wildman–Crippen MR) is 145 cm³/mol. The topological polar surface area (TPSA) is 104 Å². The van der Waals surface area contributed by atoms with Gasteiger partial charge in [0, 0.05) is 22.2 Å². The molecule has 0 saturated heterocycles. The van der Waals surface area contributed by atoms with Crippen LogP contribution in [-0.2, 0) is 11.4 Å². The maximum atomic E-state index is 13.9. The molecule has 1 unspecified atom stereocenters. The smallest absolute Gasteiger partial charge is 0.349 e. The van der Waals surface area contributed by atoms with E-state index < -0.39 is 11.9 Å². The molecule has 1 atom stereocenters. The molecule has 9 heteroatoms. The lowest BCUT2D eigenvalue weighted by atomic mass is 9.83. The number of hydrogen-bond acceptors (Lipinski definition) is 7. The van der Waals surface area contributed by atoms with E-state index in [1.54, 1.807) is 66.7 Å². The number of allylic oxidation sites excluding steroid dienone is 1. The number of ether oxygens (including phenoxy) is 4. The zero-order chi connectivity index (χ0) is 28.1. The quantitative estimate of drug-likeness (QED) is 0.202. The summed E-state index contributed by atoms with van der Waals surface area (Å²) < 4.78 is 36.2. The summed E-state index contributed by atoms with van der Waals surface area (Å²) in [6.45, 7) is -0.249. The molecule has 200 valence electrons. The monoisotopic (exact) mass is 556 g/mol. The van der Waals surface area contributed by atoms with E-state index in [0.717, 1.165) is 5.56 Å². The van der Waals surface area contributed by atoms with E-state index in [9.17, 15) is 14.4 Å². The van der Waals surface area contributed by atoms with Gasteiger partial charge in [-0.15, -0.1) is 0 Å². The molecule has 0 aromatic heterocycles. The lowest BCUT2D eigenvalue weighted by molar-refractivity contribution is -0.136. The SMILES string of the molecule is N#CC1=C(N)Oc2cc(OC(=O)COc3cccc(Cl)c3)ccc2C1c1ccc(OCc2ccccc2F)cc1. The number of hydrogen-bond donors (Lipinski definition) is 1. The Hall–Kier alpha value is -5.00. The van der Waals surface area contributed by atoms with E-state index >= 15 is 0 Å². The predicted octanol–water partition coefficient (Wildman–Crippen LogP) is 6.26. The summed E-state index contributed by atoms with van der Waals surface area (Å²) in [4.78, 5) is 12.4. The molecule has 0 spiro atoms. The number of nitrogens with zero attached hydrogens (tertiary/aromatic N) is 1. The molecule has 40 heavy (non-hydrogen) atoms. The van der Waals surface area contributed by atoms with Crippen molar-refractivity contribution in [1.29, 1.82) is 5.26 Å². The van der Waals surface area contributed by atoms with E-state index in [1.807, 2.05) is 12.1 Å². The molecule has 2 N–H and O–H groups in total. The molecule has 4 aromatic rings. The van der Waals surface area contributed by atoms with Gasteiger partial charge in [-0.1, -0.05) is 54.1 Å². The second-order valence-electron chi connectivity index (χ2n) is 8.79. The Labute approximate surface area is 234 Å². The first-order chi connectivity index (χ1) is 19.4. The van der Waals surface area contributed by atoms with Crippen LogP contribution in [0.15, 0.2) is 102 Å². The summed E-state index contributed by atoms with van der Waals surface area (Å²) >= 11 is 5.93. The number of carbonyl (C=O) groups is 1. The zero-order valence-electron chi connectivity index (χ0n) is 21.0. The van der Waals surface area contributed by atoms with Crippen molar-refractivity contribution in [3.8, 4) is 29.1 Å². The van der Waals surface area contributed by atoms with Crippen molar-refractivity contribution in [3.05, 3.63) is 130 Å². The normalized spacial score (nSPS) is 14.0. The molecule has 0 radical (unpaired) electrons. The molecule has 7 nitrogen and oxygen atoms in total. The van der Waals surface area contributed by atoms with Crippen molar-refractivity contribution < 1.29 is 28.1 Å². The summed E-state index contributed by atoms with van der Waals surface area (Å²) in [6, 6.07) is 27.2. The lowest BCUT2D eigenvalue weighted by Gasteiger charge is -2.26. The number of fused-ring (bicyclic) bond motifs is 1. The van der Waals surface area contributed by atoms with E-state index in [4.69, 9.17) is 36.3 Å². The second kappa shape index (κ2) is 11.8. The summed E-state index contributed by atoms with van der Waals surface area (Å²) in [5.41, 5.74) is 8.22. The van der Waals surface area contributed by atoms with Crippen LogP contribution in [0.2, 0.25) is 5.02 Å². The number of esters is 1. The summed E-state index contributed by atoms with van der Waals surface area (Å²) in [6.07, 6.45) is 0. The van der Waals surface area contributed by atoms with Crippen molar-refractivity contribution in [2.45, 2.75) is 12.5 Å². The summed E-state index contributed by atoms with van der Waals surface area (Å²) in [7, 11) is 0. The molecule has 0 saturated carbocycles. The second-order valence-corrected chi connectivity index (χ2v) is 9.23. The van der Waals surface area contributed by atoms with Gasteiger partial charge < -0.3 is 24.7 Å². The van der Waals surface area contributed by atoms with Crippen molar-refractivity contribution in [2.75, 3.05) is 6.61 Å². The first-order valence-electron chi connectivity index (χ1n) is 12.2. The lowest BCUT2D eigenvalue weighted by Crippen LogP contribution is -2.21. The van der Waals surface area contributed by atoms with Crippen LogP contribution in [0.1, 0.15) is 22.6 Å². The third-order valence-electron chi connectivity index (χ3n) is 6.14. The van der Waals surface area contributed by atoms with Gasteiger partial charge in [-0.3, -0.25) is 0 Å². The van der Waals surface area contributed by atoms with E-state index in [0.29, 0.717) is 33.4 Å². The fraction of sp³-hybridized carbons (Fsp3) is 0.0968. The van der Waals surface area contributed by atoms with Crippen molar-refractivity contribution in [1.82, 2.24) is 0 Å². The molecule has 1 aliphatic rings. The van der Waals surface area contributed by atoms with Crippen LogP contribution in [0.25, 0.3) is 0 Å². The number of nitriles is 1. The average molecular weight is 557 g/mol. The Morgan fingerprint density at radius 2 is 1.73 bits per heavy atom. The Morgan fingerprint density at radius 3 is 2.48 bits per heavy atom. The van der Waals surface area contributed by atoms with Crippen molar-refractivity contribution in [3.63, 3.8) is 0 Å². The van der Waals surface area contributed by atoms with E-state index in [2.05, 4.69) is 6.07 Å². The first kappa shape index (κ1) is 26.6. The molecule has 0 fully saturated rings. The minimum Gasteiger partial charge on any atom is -0.489 e. The number of carbonyl (C=O) groups excluding carboxylic acids is 1. The van der Waals surface area contributed by atoms with Gasteiger partial charge in [0.25, 0.3) is 0 Å². The number of halogens is 2. The van der Waals surface area contributed by atoms with Gasteiger partial charge in [0.15, 0.2) is 6.61 Å². The molecule has 1 heterocycles. The van der Waals surface area contributed by atoms with Gasteiger partial charge in [-0.25, -0.2) is 9.18 Å². The largest absolute Gasteiger partial charge is 0.489 e. The van der Waals surface area contributed by atoms with E-state index in [1.165, 1.54) is 12.1 Å².